The van der Waals surface area contributed by atoms with Crippen LogP contribution >= 0.6 is 11.3 Å². The molecule has 3 heterocycles. The Morgan fingerprint density at radius 3 is 2.63 bits per heavy atom. The largest absolute Gasteiger partial charge is 0.384 e. The molecule has 0 amide bonds. The maximum absolute atomic E-state index is 5.60. The summed E-state index contributed by atoms with van der Waals surface area (Å²) in [6.45, 7) is 5.14. The summed E-state index contributed by atoms with van der Waals surface area (Å²) in [5.74, 6) is 0.581. The molecule has 0 aromatic carbocycles. The summed E-state index contributed by atoms with van der Waals surface area (Å²) in [6.07, 6.45) is 3.73. The fourth-order valence-electron chi connectivity index (χ4n) is 2.26. The molecule has 6 heteroatoms. The zero-order valence-corrected chi connectivity index (χ0v) is 11.5. The minimum atomic E-state index is 0.581. The van der Waals surface area contributed by atoms with E-state index in [1.165, 1.54) is 5.56 Å². The number of pyridine rings is 1. The van der Waals surface area contributed by atoms with Crippen molar-refractivity contribution in [3.63, 3.8) is 0 Å². The van der Waals surface area contributed by atoms with Gasteiger partial charge in [0.2, 0.25) is 0 Å². The Balaban J connectivity index is 1.54. The molecule has 0 unspecified atom stereocenters. The van der Waals surface area contributed by atoms with Gasteiger partial charge in [-0.2, -0.15) is 0 Å². The van der Waals surface area contributed by atoms with E-state index >= 15 is 0 Å². The molecule has 1 fully saturated rings. The van der Waals surface area contributed by atoms with Crippen molar-refractivity contribution in [1.29, 1.82) is 0 Å². The van der Waals surface area contributed by atoms with Crippen LogP contribution in [-0.4, -0.2) is 41.0 Å². The van der Waals surface area contributed by atoms with Crippen molar-refractivity contribution in [3.05, 3.63) is 35.5 Å². The molecular weight excluding hydrogens is 258 g/mol. The van der Waals surface area contributed by atoms with Crippen molar-refractivity contribution >= 4 is 22.3 Å². The van der Waals surface area contributed by atoms with E-state index in [0.29, 0.717) is 5.82 Å². The van der Waals surface area contributed by atoms with Gasteiger partial charge in [-0.05, 0) is 11.6 Å². The molecule has 3 rings (SSSR count). The molecule has 0 saturated carbocycles. The van der Waals surface area contributed by atoms with Crippen LogP contribution in [0.4, 0.5) is 10.9 Å². The van der Waals surface area contributed by atoms with Gasteiger partial charge in [0.05, 0.1) is 0 Å². The Labute approximate surface area is 116 Å². The van der Waals surface area contributed by atoms with Crippen molar-refractivity contribution in [1.82, 2.24) is 14.9 Å². The third kappa shape index (κ3) is 3.02. The molecular formula is C13H17N5S. The van der Waals surface area contributed by atoms with Gasteiger partial charge in [-0.1, -0.05) is 6.07 Å². The molecule has 1 aliphatic rings. The summed E-state index contributed by atoms with van der Waals surface area (Å²) in [6, 6.07) is 3.91. The maximum atomic E-state index is 5.60. The summed E-state index contributed by atoms with van der Waals surface area (Å²) in [5, 5.41) is 3.16. The average molecular weight is 275 g/mol. The second-order valence-electron chi connectivity index (χ2n) is 4.67. The molecule has 2 aromatic heterocycles. The molecule has 0 radical (unpaired) electrons. The van der Waals surface area contributed by atoms with E-state index in [1.807, 2.05) is 23.8 Å². The van der Waals surface area contributed by atoms with E-state index in [1.54, 1.807) is 11.3 Å². The lowest BCUT2D eigenvalue weighted by Crippen LogP contribution is -2.45. The summed E-state index contributed by atoms with van der Waals surface area (Å²) in [7, 11) is 0. The van der Waals surface area contributed by atoms with Gasteiger partial charge in [0, 0.05) is 50.5 Å². The van der Waals surface area contributed by atoms with Gasteiger partial charge in [-0.3, -0.25) is 4.90 Å². The fraction of sp³-hybridized carbons (Fsp3) is 0.385. The van der Waals surface area contributed by atoms with Crippen molar-refractivity contribution in [2.45, 2.75) is 6.54 Å². The molecule has 0 bridgehead atoms. The number of anilines is 2. The first-order valence-corrected chi connectivity index (χ1v) is 7.26. The van der Waals surface area contributed by atoms with Crippen LogP contribution in [0.25, 0.3) is 0 Å². The van der Waals surface area contributed by atoms with Gasteiger partial charge in [-0.15, -0.1) is 11.3 Å². The molecule has 0 spiro atoms. The standard InChI is InChI=1S/C13H17N5S/c14-12-2-1-11(9-16-12)10-17-4-6-18(7-5-17)13-15-3-8-19-13/h1-3,8-9H,4-7,10H2,(H2,14,16). The Morgan fingerprint density at radius 1 is 1.16 bits per heavy atom. The SMILES string of the molecule is Nc1ccc(CN2CCN(c3nccs3)CC2)cn1. The van der Waals surface area contributed by atoms with Crippen LogP contribution in [0.1, 0.15) is 5.56 Å². The molecule has 19 heavy (non-hydrogen) atoms. The predicted molar refractivity (Wildman–Crippen MR) is 78.3 cm³/mol. The topological polar surface area (TPSA) is 58.3 Å². The number of hydrogen-bond acceptors (Lipinski definition) is 6. The van der Waals surface area contributed by atoms with Crippen LogP contribution in [0, 0.1) is 0 Å². The minimum Gasteiger partial charge on any atom is -0.384 e. The number of thiazole rings is 1. The number of hydrogen-bond donors (Lipinski definition) is 1. The van der Waals surface area contributed by atoms with Crippen LogP contribution in [0.2, 0.25) is 0 Å². The number of nitrogens with zero attached hydrogens (tertiary/aromatic N) is 4. The van der Waals surface area contributed by atoms with E-state index in [9.17, 15) is 0 Å². The zero-order chi connectivity index (χ0) is 13.1. The van der Waals surface area contributed by atoms with Crippen molar-refractivity contribution in [2.24, 2.45) is 0 Å². The van der Waals surface area contributed by atoms with Gasteiger partial charge < -0.3 is 10.6 Å². The second-order valence-corrected chi connectivity index (χ2v) is 5.54. The number of nitrogens with two attached hydrogens (primary N) is 1. The highest BCUT2D eigenvalue weighted by Gasteiger charge is 2.18. The molecule has 2 N–H and O–H groups in total. The first-order valence-electron chi connectivity index (χ1n) is 6.38. The monoisotopic (exact) mass is 275 g/mol. The van der Waals surface area contributed by atoms with Gasteiger partial charge >= 0.3 is 0 Å². The minimum absolute atomic E-state index is 0.581. The number of piperazine rings is 1. The van der Waals surface area contributed by atoms with Gasteiger partial charge in [0.1, 0.15) is 5.82 Å². The van der Waals surface area contributed by atoms with Crippen molar-refractivity contribution < 1.29 is 0 Å². The van der Waals surface area contributed by atoms with Gasteiger partial charge in [-0.25, -0.2) is 9.97 Å². The van der Waals surface area contributed by atoms with E-state index in [4.69, 9.17) is 5.73 Å². The Morgan fingerprint density at radius 2 is 2.00 bits per heavy atom. The third-order valence-corrected chi connectivity index (χ3v) is 4.15. The fourth-order valence-corrected chi connectivity index (χ4v) is 2.95. The van der Waals surface area contributed by atoms with E-state index in [2.05, 4.69) is 25.8 Å². The quantitative estimate of drug-likeness (QED) is 0.918. The van der Waals surface area contributed by atoms with Crippen molar-refractivity contribution in [2.75, 3.05) is 36.8 Å². The highest BCUT2D eigenvalue weighted by molar-refractivity contribution is 7.13. The maximum Gasteiger partial charge on any atom is 0.185 e. The van der Waals surface area contributed by atoms with Crippen LogP contribution in [0.3, 0.4) is 0 Å². The van der Waals surface area contributed by atoms with Crippen LogP contribution in [0.5, 0.6) is 0 Å². The summed E-state index contributed by atoms with van der Waals surface area (Å²) in [5.41, 5.74) is 6.81. The van der Waals surface area contributed by atoms with Crippen LogP contribution < -0.4 is 10.6 Å². The molecule has 0 atom stereocenters. The Bertz CT molecular complexity index is 502. The van der Waals surface area contributed by atoms with E-state index in [-0.39, 0.29) is 0 Å². The Kier molecular flexibility index (Phi) is 3.61. The Hall–Kier alpha value is -1.66. The molecule has 1 aliphatic heterocycles. The first kappa shape index (κ1) is 12.4. The highest BCUT2D eigenvalue weighted by Crippen LogP contribution is 2.19. The van der Waals surface area contributed by atoms with E-state index in [0.717, 1.165) is 37.9 Å². The third-order valence-electron chi connectivity index (χ3n) is 3.32. The second kappa shape index (κ2) is 5.54. The molecule has 100 valence electrons. The normalized spacial score (nSPS) is 16.7. The van der Waals surface area contributed by atoms with Crippen molar-refractivity contribution in [3.8, 4) is 0 Å². The highest BCUT2D eigenvalue weighted by atomic mass is 32.1. The number of rotatable bonds is 3. The van der Waals surface area contributed by atoms with Gasteiger partial charge in [0.15, 0.2) is 5.13 Å². The predicted octanol–water partition coefficient (Wildman–Crippen LogP) is 1.44. The lowest BCUT2D eigenvalue weighted by molar-refractivity contribution is 0.249. The average Bonchev–Trinajstić information content (AvgIpc) is 2.96. The number of nitrogen functional groups attached to an aromatic ring is 1. The molecule has 0 aliphatic carbocycles. The molecule has 5 nitrogen and oxygen atoms in total. The lowest BCUT2D eigenvalue weighted by atomic mass is 10.2. The van der Waals surface area contributed by atoms with Crippen LogP contribution in [0.15, 0.2) is 29.9 Å². The number of aromatic nitrogens is 2. The summed E-state index contributed by atoms with van der Waals surface area (Å²) < 4.78 is 0. The lowest BCUT2D eigenvalue weighted by Gasteiger charge is -2.34. The van der Waals surface area contributed by atoms with Gasteiger partial charge in [0.25, 0.3) is 0 Å². The summed E-state index contributed by atoms with van der Waals surface area (Å²) >= 11 is 1.71. The van der Waals surface area contributed by atoms with Crippen LogP contribution in [-0.2, 0) is 6.54 Å². The zero-order valence-electron chi connectivity index (χ0n) is 10.7. The smallest absolute Gasteiger partial charge is 0.185 e. The van der Waals surface area contributed by atoms with E-state index < -0.39 is 0 Å². The first-order chi connectivity index (χ1) is 9.31. The molecule has 1 saturated heterocycles. The summed E-state index contributed by atoms with van der Waals surface area (Å²) in [4.78, 5) is 13.3. The molecule has 2 aromatic rings.